The third-order valence-electron chi connectivity index (χ3n) is 2.54. The Morgan fingerprint density at radius 3 is 2.46 bits per heavy atom. The molecule has 13 heavy (non-hydrogen) atoms. The Hall–Kier alpha value is -0.120. The van der Waals surface area contributed by atoms with Crippen LogP contribution < -0.4 is 0 Å². The van der Waals surface area contributed by atoms with Gasteiger partial charge in [0.25, 0.3) is 0 Å². The van der Waals surface area contributed by atoms with E-state index in [1.165, 1.54) is 0 Å². The molecule has 0 spiro atoms. The van der Waals surface area contributed by atoms with Gasteiger partial charge in [-0.05, 0) is 13.8 Å². The molecule has 1 fully saturated rings. The predicted octanol–water partition coefficient (Wildman–Crippen LogP) is 1.20. The fourth-order valence-electron chi connectivity index (χ4n) is 1.25. The molecule has 1 aliphatic heterocycles. The van der Waals surface area contributed by atoms with Crippen molar-refractivity contribution in [3.05, 3.63) is 0 Å². The normalized spacial score (nSPS) is 28.8. The molecule has 1 rings (SSSR count). The summed E-state index contributed by atoms with van der Waals surface area (Å²) >= 11 is 0. The molecule has 1 aliphatic rings. The molecule has 0 bridgehead atoms. The van der Waals surface area contributed by atoms with E-state index in [4.69, 9.17) is 14.6 Å². The molecular formula is C10H20O3. The molecule has 1 atom stereocenters. The first-order valence-electron chi connectivity index (χ1n) is 4.74. The maximum absolute atomic E-state index is 9.14. The van der Waals surface area contributed by atoms with Crippen LogP contribution in [0.1, 0.15) is 27.7 Å². The lowest BCUT2D eigenvalue weighted by Gasteiger charge is -2.41. The second kappa shape index (κ2) is 3.56. The summed E-state index contributed by atoms with van der Waals surface area (Å²) in [6.07, 6.45) is 0.00512. The molecule has 1 heterocycles. The Bertz CT molecular complexity index is 165. The average molecular weight is 188 g/mol. The van der Waals surface area contributed by atoms with Crippen molar-refractivity contribution < 1.29 is 14.6 Å². The summed E-state index contributed by atoms with van der Waals surface area (Å²) in [6.45, 7) is 9.28. The van der Waals surface area contributed by atoms with E-state index in [1.54, 1.807) is 0 Å². The number of ether oxygens (including phenoxy) is 2. The third-order valence-corrected chi connectivity index (χ3v) is 2.54. The van der Waals surface area contributed by atoms with Crippen LogP contribution in [0.25, 0.3) is 0 Å². The molecule has 0 saturated carbocycles. The summed E-state index contributed by atoms with van der Waals surface area (Å²) in [5, 5.41) is 9.14. The SMILES string of the molecule is CC1(C)COC(C(C)(C)CO)CO1. The van der Waals surface area contributed by atoms with Crippen molar-refractivity contribution >= 4 is 0 Å². The van der Waals surface area contributed by atoms with Crippen molar-refractivity contribution in [1.82, 2.24) is 0 Å². The van der Waals surface area contributed by atoms with Crippen molar-refractivity contribution in [1.29, 1.82) is 0 Å². The van der Waals surface area contributed by atoms with Crippen LogP contribution >= 0.6 is 0 Å². The van der Waals surface area contributed by atoms with Gasteiger partial charge in [0.05, 0.1) is 31.5 Å². The second-order valence-corrected chi connectivity index (χ2v) is 5.02. The summed E-state index contributed by atoms with van der Waals surface area (Å²) in [5.74, 6) is 0. The van der Waals surface area contributed by atoms with Crippen LogP contribution in [-0.2, 0) is 9.47 Å². The molecule has 0 aromatic carbocycles. The molecule has 0 aromatic rings. The summed E-state index contributed by atoms with van der Waals surface area (Å²) < 4.78 is 11.3. The van der Waals surface area contributed by atoms with Crippen LogP contribution in [0.5, 0.6) is 0 Å². The molecular weight excluding hydrogens is 168 g/mol. The minimum absolute atomic E-state index is 0.00512. The van der Waals surface area contributed by atoms with Gasteiger partial charge < -0.3 is 14.6 Å². The van der Waals surface area contributed by atoms with Crippen LogP contribution in [0, 0.1) is 5.41 Å². The van der Waals surface area contributed by atoms with E-state index in [1.807, 2.05) is 27.7 Å². The number of rotatable bonds is 2. The summed E-state index contributed by atoms with van der Waals surface area (Å²) in [5.41, 5.74) is -0.390. The van der Waals surface area contributed by atoms with E-state index in [9.17, 15) is 0 Å². The zero-order valence-corrected chi connectivity index (χ0v) is 8.96. The van der Waals surface area contributed by atoms with Crippen LogP contribution in [0.3, 0.4) is 0 Å². The zero-order valence-electron chi connectivity index (χ0n) is 8.96. The molecule has 1 saturated heterocycles. The van der Waals surface area contributed by atoms with Crippen molar-refractivity contribution in [3.8, 4) is 0 Å². The van der Waals surface area contributed by atoms with Crippen LogP contribution in [-0.4, -0.2) is 36.6 Å². The van der Waals surface area contributed by atoms with Crippen molar-refractivity contribution in [2.75, 3.05) is 19.8 Å². The van der Waals surface area contributed by atoms with Gasteiger partial charge in [-0.25, -0.2) is 0 Å². The number of hydrogen-bond acceptors (Lipinski definition) is 3. The first kappa shape index (κ1) is 11.0. The van der Waals surface area contributed by atoms with E-state index in [2.05, 4.69) is 0 Å². The Morgan fingerprint density at radius 1 is 1.46 bits per heavy atom. The Kier molecular flexibility index (Phi) is 3.00. The fraction of sp³-hybridized carbons (Fsp3) is 1.00. The van der Waals surface area contributed by atoms with Gasteiger partial charge in [0.1, 0.15) is 0 Å². The Balaban J connectivity index is 2.50. The summed E-state index contributed by atoms with van der Waals surface area (Å²) in [6, 6.07) is 0. The van der Waals surface area contributed by atoms with E-state index in [-0.39, 0.29) is 23.7 Å². The van der Waals surface area contributed by atoms with Gasteiger partial charge in [0, 0.05) is 5.41 Å². The Morgan fingerprint density at radius 2 is 2.08 bits per heavy atom. The van der Waals surface area contributed by atoms with E-state index >= 15 is 0 Å². The summed E-state index contributed by atoms with van der Waals surface area (Å²) in [7, 11) is 0. The molecule has 0 aromatic heterocycles. The van der Waals surface area contributed by atoms with Crippen LogP contribution in [0.15, 0.2) is 0 Å². The van der Waals surface area contributed by atoms with E-state index in [0.717, 1.165) is 0 Å². The van der Waals surface area contributed by atoms with Gasteiger partial charge in [0.15, 0.2) is 0 Å². The predicted molar refractivity (Wildman–Crippen MR) is 50.6 cm³/mol. The van der Waals surface area contributed by atoms with Crippen LogP contribution in [0.2, 0.25) is 0 Å². The molecule has 1 unspecified atom stereocenters. The number of aliphatic hydroxyl groups is 1. The topological polar surface area (TPSA) is 38.7 Å². The molecule has 1 N–H and O–H groups in total. The largest absolute Gasteiger partial charge is 0.396 e. The molecule has 0 amide bonds. The average Bonchev–Trinajstić information content (AvgIpc) is 2.04. The number of hydrogen-bond donors (Lipinski definition) is 1. The Labute approximate surface area is 80.0 Å². The zero-order chi connectivity index (χ0) is 10.1. The smallest absolute Gasteiger partial charge is 0.0882 e. The molecule has 3 heteroatoms. The minimum atomic E-state index is -0.212. The molecule has 78 valence electrons. The highest BCUT2D eigenvalue weighted by Crippen LogP contribution is 2.28. The molecule has 0 radical (unpaired) electrons. The maximum Gasteiger partial charge on any atom is 0.0882 e. The van der Waals surface area contributed by atoms with Gasteiger partial charge in [0.2, 0.25) is 0 Å². The quantitative estimate of drug-likeness (QED) is 0.707. The highest BCUT2D eigenvalue weighted by Gasteiger charge is 2.36. The van der Waals surface area contributed by atoms with Crippen molar-refractivity contribution in [2.45, 2.75) is 39.4 Å². The standard InChI is InChI=1S/C10H20O3/c1-9(2,6-11)8-5-13-10(3,4)7-12-8/h8,11H,5-7H2,1-4H3. The maximum atomic E-state index is 9.14. The molecule has 3 nitrogen and oxygen atoms in total. The highest BCUT2D eigenvalue weighted by atomic mass is 16.6. The van der Waals surface area contributed by atoms with E-state index < -0.39 is 0 Å². The number of aliphatic hydroxyl groups excluding tert-OH is 1. The first-order valence-corrected chi connectivity index (χ1v) is 4.74. The first-order chi connectivity index (χ1) is 5.87. The highest BCUT2D eigenvalue weighted by molar-refractivity contribution is 4.84. The van der Waals surface area contributed by atoms with Gasteiger partial charge in [-0.3, -0.25) is 0 Å². The van der Waals surface area contributed by atoms with E-state index in [0.29, 0.717) is 13.2 Å². The monoisotopic (exact) mass is 188 g/mol. The summed E-state index contributed by atoms with van der Waals surface area (Å²) in [4.78, 5) is 0. The van der Waals surface area contributed by atoms with Crippen molar-refractivity contribution in [2.24, 2.45) is 5.41 Å². The van der Waals surface area contributed by atoms with Gasteiger partial charge >= 0.3 is 0 Å². The lowest BCUT2D eigenvalue weighted by molar-refractivity contribution is -0.206. The van der Waals surface area contributed by atoms with Crippen LogP contribution in [0.4, 0.5) is 0 Å². The third kappa shape index (κ3) is 2.66. The van der Waals surface area contributed by atoms with Gasteiger partial charge in [-0.2, -0.15) is 0 Å². The minimum Gasteiger partial charge on any atom is -0.396 e. The lowest BCUT2D eigenvalue weighted by atomic mass is 9.87. The second-order valence-electron chi connectivity index (χ2n) is 5.02. The van der Waals surface area contributed by atoms with Crippen molar-refractivity contribution in [3.63, 3.8) is 0 Å². The van der Waals surface area contributed by atoms with Gasteiger partial charge in [-0.1, -0.05) is 13.8 Å². The lowest BCUT2D eigenvalue weighted by Crippen LogP contribution is -2.49. The van der Waals surface area contributed by atoms with Gasteiger partial charge in [-0.15, -0.1) is 0 Å². The molecule has 0 aliphatic carbocycles. The fourth-order valence-corrected chi connectivity index (χ4v) is 1.25.